The Morgan fingerprint density at radius 2 is 2.03 bits per heavy atom. The van der Waals surface area contributed by atoms with E-state index in [1.807, 2.05) is 0 Å². The quantitative estimate of drug-likeness (QED) is 0.349. The van der Waals surface area contributed by atoms with E-state index in [4.69, 9.17) is 28.9 Å². The molecule has 1 spiro atoms. The van der Waals surface area contributed by atoms with Gasteiger partial charge in [-0.05, 0) is 57.4 Å². The summed E-state index contributed by atoms with van der Waals surface area (Å²) in [7, 11) is 0. The molecular weight excluding hydrogens is 511 g/mol. The molecule has 11 heteroatoms. The predicted octanol–water partition coefficient (Wildman–Crippen LogP) is 5.49. The van der Waals surface area contributed by atoms with Crippen LogP contribution >= 0.6 is 35.0 Å². The molecule has 4 rings (SSSR count). The number of pyridine rings is 1. The third kappa shape index (κ3) is 5.39. The molecule has 1 unspecified atom stereocenters. The van der Waals surface area contributed by atoms with E-state index in [9.17, 15) is 4.55 Å². The summed E-state index contributed by atoms with van der Waals surface area (Å²) in [4.78, 5) is 16.2. The summed E-state index contributed by atoms with van der Waals surface area (Å²) < 4.78 is 16.2. The number of nitrogens with zero attached hydrogens (tertiary/aromatic N) is 4. The third-order valence-electron chi connectivity index (χ3n) is 7.36. The average molecular weight is 544 g/mol. The van der Waals surface area contributed by atoms with E-state index in [0.29, 0.717) is 21.9 Å². The molecule has 3 heterocycles. The molecule has 1 aliphatic carbocycles. The molecule has 1 saturated heterocycles. The smallest absolute Gasteiger partial charge is 0.158 e. The van der Waals surface area contributed by atoms with Crippen LogP contribution in [0.5, 0.6) is 0 Å². The molecule has 0 radical (unpaired) electrons. The summed E-state index contributed by atoms with van der Waals surface area (Å²) in [5.41, 5.74) is 6.45. The first-order chi connectivity index (χ1) is 16.1. The molecule has 7 nitrogen and oxygen atoms in total. The number of halogens is 2. The van der Waals surface area contributed by atoms with Crippen molar-refractivity contribution in [2.24, 2.45) is 5.41 Å². The summed E-state index contributed by atoms with van der Waals surface area (Å²) >= 11 is 12.5. The first-order valence-electron chi connectivity index (χ1n) is 11.7. The molecule has 1 aliphatic heterocycles. The van der Waals surface area contributed by atoms with E-state index >= 15 is 0 Å². The molecular formula is C23H32Cl2N6OS2. The Bertz CT molecular complexity index is 1020. The number of hydrogen-bond donors (Lipinski definition) is 2. The van der Waals surface area contributed by atoms with E-state index in [-0.39, 0.29) is 15.3 Å². The van der Waals surface area contributed by atoms with E-state index < -0.39 is 11.4 Å². The van der Waals surface area contributed by atoms with Crippen molar-refractivity contribution in [2.75, 3.05) is 23.7 Å². The first-order valence-corrected chi connectivity index (χ1v) is 14.4. The lowest BCUT2D eigenvalue weighted by Gasteiger charge is -2.44. The highest BCUT2D eigenvalue weighted by atomic mass is 35.5. The van der Waals surface area contributed by atoms with Gasteiger partial charge in [-0.25, -0.2) is 15.0 Å². The molecule has 0 amide bonds. The highest BCUT2D eigenvalue weighted by molar-refractivity contribution is 7.99. The summed E-state index contributed by atoms with van der Waals surface area (Å²) in [5.74, 6) is 1.15. The van der Waals surface area contributed by atoms with Crippen LogP contribution in [0.3, 0.4) is 0 Å². The number of nitrogens with two attached hydrogens (primary N) is 1. The lowest BCUT2D eigenvalue weighted by Crippen LogP contribution is -2.53. The van der Waals surface area contributed by atoms with E-state index in [1.165, 1.54) is 24.6 Å². The van der Waals surface area contributed by atoms with Gasteiger partial charge in [0.25, 0.3) is 0 Å². The van der Waals surface area contributed by atoms with Crippen molar-refractivity contribution < 1.29 is 4.55 Å². The van der Waals surface area contributed by atoms with Gasteiger partial charge < -0.3 is 15.2 Å². The number of hydrogen-bond acceptors (Lipinski definition) is 8. The first kappa shape index (κ1) is 26.1. The fraction of sp³-hybridized carbons (Fsp3) is 0.609. The highest BCUT2D eigenvalue weighted by Gasteiger charge is 2.48. The normalized spacial score (nSPS) is 21.2. The van der Waals surface area contributed by atoms with E-state index in [1.54, 1.807) is 18.5 Å². The number of piperidine rings is 1. The SMILES string of the molecule is CCC(C)(C)[S+]([O-])N[C@@H]1CCCC12CCN(c1cnc(Sc3ccnc(Cl)c3Cl)c(N)n1)CC2. The Balaban J connectivity index is 1.41. The molecule has 2 aliphatic rings. The maximum atomic E-state index is 12.9. The lowest BCUT2D eigenvalue weighted by molar-refractivity contribution is 0.186. The Hall–Kier alpha value is -0.970. The van der Waals surface area contributed by atoms with Gasteiger partial charge in [0.05, 0.1) is 17.3 Å². The van der Waals surface area contributed by atoms with Crippen LogP contribution in [0.2, 0.25) is 10.2 Å². The van der Waals surface area contributed by atoms with Crippen molar-refractivity contribution in [1.82, 2.24) is 19.7 Å². The van der Waals surface area contributed by atoms with Crippen LogP contribution in [0.25, 0.3) is 0 Å². The minimum Gasteiger partial charge on any atom is -0.598 e. The van der Waals surface area contributed by atoms with Gasteiger partial charge in [0.1, 0.15) is 20.7 Å². The number of nitrogens with one attached hydrogen (secondary N) is 1. The average Bonchev–Trinajstić information content (AvgIpc) is 3.19. The van der Waals surface area contributed by atoms with Gasteiger partial charge in [-0.15, -0.1) is 4.72 Å². The molecule has 1 saturated carbocycles. The second kappa shape index (κ2) is 10.6. The van der Waals surface area contributed by atoms with Gasteiger partial charge in [-0.2, -0.15) is 0 Å². The lowest BCUT2D eigenvalue weighted by atomic mass is 9.74. The molecule has 2 aromatic rings. The minimum absolute atomic E-state index is 0.197. The van der Waals surface area contributed by atoms with Crippen LogP contribution in [-0.2, 0) is 11.4 Å². The Morgan fingerprint density at radius 3 is 2.71 bits per heavy atom. The molecule has 0 bridgehead atoms. The van der Waals surface area contributed by atoms with Crippen molar-refractivity contribution >= 4 is 58.0 Å². The van der Waals surface area contributed by atoms with Gasteiger partial charge in [0, 0.05) is 35.5 Å². The van der Waals surface area contributed by atoms with Crippen LogP contribution in [0.1, 0.15) is 59.3 Å². The standard InChI is InChI=1S/C23H32Cl2N6OS2/c1-4-22(2,3)34(32)30-16-6-5-8-23(16)9-12-31(13-10-23)17-14-28-21(20(26)29-17)33-15-7-11-27-19(25)18(15)24/h7,11,14,16,30H,4-6,8-10,12-13H2,1-3H3,(H2,26,29)/t16-,34?/m1/s1. The van der Waals surface area contributed by atoms with Gasteiger partial charge in [0.2, 0.25) is 0 Å². The van der Waals surface area contributed by atoms with E-state index in [0.717, 1.165) is 49.5 Å². The predicted molar refractivity (Wildman–Crippen MR) is 142 cm³/mol. The molecule has 3 N–H and O–H groups in total. The van der Waals surface area contributed by atoms with Crippen molar-refractivity contribution in [1.29, 1.82) is 0 Å². The Kier molecular flexibility index (Phi) is 8.11. The maximum Gasteiger partial charge on any atom is 0.158 e. The summed E-state index contributed by atoms with van der Waals surface area (Å²) in [6.07, 6.45) is 9.79. The number of rotatable bonds is 7. The van der Waals surface area contributed by atoms with Crippen LogP contribution in [0.15, 0.2) is 28.4 Å². The topological polar surface area (TPSA) is 103 Å². The zero-order chi connectivity index (χ0) is 24.5. The molecule has 34 heavy (non-hydrogen) atoms. The van der Waals surface area contributed by atoms with Crippen LogP contribution in [-0.4, -0.2) is 43.4 Å². The zero-order valence-electron chi connectivity index (χ0n) is 19.8. The van der Waals surface area contributed by atoms with E-state index in [2.05, 4.69) is 45.3 Å². The largest absolute Gasteiger partial charge is 0.598 e. The molecule has 0 aromatic carbocycles. The van der Waals surface area contributed by atoms with Crippen molar-refractivity contribution in [3.63, 3.8) is 0 Å². The maximum absolute atomic E-state index is 12.9. The number of anilines is 2. The highest BCUT2D eigenvalue weighted by Crippen LogP contribution is 2.47. The summed E-state index contributed by atoms with van der Waals surface area (Å²) in [6, 6.07) is 2.08. The van der Waals surface area contributed by atoms with Gasteiger partial charge >= 0.3 is 0 Å². The van der Waals surface area contributed by atoms with Gasteiger partial charge in [-0.3, -0.25) is 0 Å². The molecule has 2 fully saturated rings. The number of aromatic nitrogens is 3. The summed E-state index contributed by atoms with van der Waals surface area (Å²) in [5, 5.41) is 1.21. The molecule has 2 aromatic heterocycles. The van der Waals surface area contributed by atoms with Gasteiger partial charge in [0.15, 0.2) is 5.82 Å². The minimum atomic E-state index is -1.05. The molecule has 2 atom stereocenters. The summed E-state index contributed by atoms with van der Waals surface area (Å²) in [6.45, 7) is 8.01. The van der Waals surface area contributed by atoms with Crippen molar-refractivity contribution in [3.8, 4) is 0 Å². The third-order valence-corrected chi connectivity index (χ3v) is 11.1. The monoisotopic (exact) mass is 542 g/mol. The van der Waals surface area contributed by atoms with Crippen LogP contribution in [0.4, 0.5) is 11.6 Å². The van der Waals surface area contributed by atoms with Crippen molar-refractivity contribution in [2.45, 2.75) is 80.0 Å². The van der Waals surface area contributed by atoms with Crippen molar-refractivity contribution in [3.05, 3.63) is 28.6 Å². The second-order valence-electron chi connectivity index (χ2n) is 9.73. The number of nitrogen functional groups attached to an aromatic ring is 1. The van der Waals surface area contributed by atoms with Gasteiger partial charge in [-0.1, -0.05) is 48.3 Å². The molecule has 186 valence electrons. The fourth-order valence-corrected chi connectivity index (χ4v) is 7.15. The second-order valence-corrected chi connectivity index (χ2v) is 13.4. The van der Waals surface area contributed by atoms with Crippen LogP contribution in [0, 0.1) is 5.41 Å². The zero-order valence-corrected chi connectivity index (χ0v) is 23.0. The van der Waals surface area contributed by atoms with Crippen LogP contribution < -0.4 is 15.4 Å². The Morgan fingerprint density at radius 1 is 1.29 bits per heavy atom. The fourth-order valence-electron chi connectivity index (χ4n) is 4.72. The Labute approximate surface area is 219 Å².